The molecule has 0 unspecified atom stereocenters. The van der Waals surface area contributed by atoms with Crippen molar-refractivity contribution in [2.24, 2.45) is 0 Å². The second-order valence-corrected chi connectivity index (χ2v) is 5.16. The Morgan fingerprint density at radius 1 is 1.43 bits per heavy atom. The summed E-state index contributed by atoms with van der Waals surface area (Å²) >= 11 is 0. The van der Waals surface area contributed by atoms with Crippen LogP contribution in [0.15, 0.2) is 24.3 Å². The molecule has 0 atom stereocenters. The number of amides is 1. The number of nitrogens with one attached hydrogen (secondary N) is 1. The number of nitrogens with zero attached hydrogens (tertiary/aromatic N) is 1. The molecule has 1 N–H and O–H groups in total. The highest BCUT2D eigenvalue weighted by molar-refractivity contribution is 5.91. The molecule has 2 rings (SSSR count). The largest absolute Gasteiger partial charge is 0.494 e. The van der Waals surface area contributed by atoms with Gasteiger partial charge in [-0.15, -0.1) is 0 Å². The zero-order valence-electron chi connectivity index (χ0n) is 12.4. The van der Waals surface area contributed by atoms with Crippen LogP contribution in [0, 0.1) is 5.82 Å². The van der Waals surface area contributed by atoms with E-state index in [0.717, 1.165) is 25.9 Å². The fourth-order valence-corrected chi connectivity index (χ4v) is 2.45. The average molecular weight is 292 g/mol. The third-order valence-corrected chi connectivity index (χ3v) is 3.80. The van der Waals surface area contributed by atoms with Crippen molar-refractivity contribution in [1.82, 2.24) is 10.2 Å². The first-order valence-electron chi connectivity index (χ1n) is 7.11. The van der Waals surface area contributed by atoms with Gasteiger partial charge in [0, 0.05) is 19.2 Å². The van der Waals surface area contributed by atoms with Crippen molar-refractivity contribution in [2.75, 3.05) is 27.2 Å². The molecule has 1 fully saturated rings. The van der Waals surface area contributed by atoms with Gasteiger partial charge in [0.1, 0.15) is 0 Å². The minimum absolute atomic E-state index is 0.0573. The standard InChI is InChI=1S/C16H21FN2O2/c1-19(13-7-9-18-10-8-13)16(20)6-4-12-3-5-15(21-2)14(17)11-12/h3-6,11,13,18H,7-10H2,1-2H3. The lowest BCUT2D eigenvalue weighted by Gasteiger charge is -2.30. The zero-order valence-corrected chi connectivity index (χ0v) is 12.4. The van der Waals surface area contributed by atoms with Crippen LogP contribution in [-0.2, 0) is 4.79 Å². The first-order valence-corrected chi connectivity index (χ1v) is 7.11. The van der Waals surface area contributed by atoms with Crippen LogP contribution in [0.25, 0.3) is 6.08 Å². The lowest BCUT2D eigenvalue weighted by atomic mass is 10.1. The molecule has 21 heavy (non-hydrogen) atoms. The minimum atomic E-state index is -0.432. The van der Waals surface area contributed by atoms with Crippen molar-refractivity contribution < 1.29 is 13.9 Å². The van der Waals surface area contributed by atoms with Gasteiger partial charge in [-0.1, -0.05) is 6.07 Å². The van der Waals surface area contributed by atoms with Crippen LogP contribution in [0.4, 0.5) is 4.39 Å². The maximum absolute atomic E-state index is 13.6. The maximum atomic E-state index is 13.6. The molecule has 1 aliphatic rings. The molecule has 1 saturated heterocycles. The summed E-state index contributed by atoms with van der Waals surface area (Å²) in [6.45, 7) is 1.88. The number of halogens is 1. The fraction of sp³-hybridized carbons (Fsp3) is 0.438. The highest BCUT2D eigenvalue weighted by Crippen LogP contribution is 2.18. The number of ether oxygens (including phenoxy) is 1. The predicted octanol–water partition coefficient (Wildman–Crippen LogP) is 2.06. The number of carbonyl (C=O) groups excluding carboxylic acids is 1. The molecule has 114 valence electrons. The van der Waals surface area contributed by atoms with E-state index >= 15 is 0 Å². The third kappa shape index (κ3) is 4.04. The van der Waals surface area contributed by atoms with Crippen LogP contribution >= 0.6 is 0 Å². The Morgan fingerprint density at radius 3 is 2.76 bits per heavy atom. The molecule has 4 nitrogen and oxygen atoms in total. The Bertz CT molecular complexity index is 525. The van der Waals surface area contributed by atoms with Crippen molar-refractivity contribution in [3.63, 3.8) is 0 Å². The minimum Gasteiger partial charge on any atom is -0.494 e. The van der Waals surface area contributed by atoms with Crippen molar-refractivity contribution in [2.45, 2.75) is 18.9 Å². The van der Waals surface area contributed by atoms with E-state index < -0.39 is 5.82 Å². The summed E-state index contributed by atoms with van der Waals surface area (Å²) in [5.41, 5.74) is 0.639. The van der Waals surface area contributed by atoms with Gasteiger partial charge < -0.3 is 15.0 Å². The van der Waals surface area contributed by atoms with Crippen LogP contribution in [0.2, 0.25) is 0 Å². The number of rotatable bonds is 4. The summed E-state index contributed by atoms with van der Waals surface area (Å²) in [5.74, 6) is -0.290. The van der Waals surface area contributed by atoms with Gasteiger partial charge in [-0.05, 0) is 49.7 Å². The van der Waals surface area contributed by atoms with E-state index in [4.69, 9.17) is 4.74 Å². The van der Waals surface area contributed by atoms with Gasteiger partial charge in [0.2, 0.25) is 5.91 Å². The van der Waals surface area contributed by atoms with Gasteiger partial charge in [-0.25, -0.2) is 4.39 Å². The van der Waals surface area contributed by atoms with E-state index in [1.165, 1.54) is 19.3 Å². The molecule has 0 radical (unpaired) electrons. The molecule has 1 heterocycles. The Hall–Kier alpha value is -1.88. The van der Waals surface area contributed by atoms with Crippen LogP contribution in [0.3, 0.4) is 0 Å². The van der Waals surface area contributed by atoms with Crippen LogP contribution < -0.4 is 10.1 Å². The normalized spacial score (nSPS) is 16.1. The van der Waals surface area contributed by atoms with Crippen LogP contribution in [0.1, 0.15) is 18.4 Å². The van der Waals surface area contributed by atoms with E-state index in [1.807, 2.05) is 7.05 Å². The molecule has 0 spiro atoms. The lowest BCUT2D eigenvalue weighted by Crippen LogP contribution is -2.43. The zero-order chi connectivity index (χ0) is 15.2. The topological polar surface area (TPSA) is 41.6 Å². The van der Waals surface area contributed by atoms with E-state index in [2.05, 4.69) is 5.32 Å². The average Bonchev–Trinajstić information content (AvgIpc) is 2.52. The van der Waals surface area contributed by atoms with Crippen molar-refractivity contribution in [3.8, 4) is 5.75 Å². The number of carbonyl (C=O) groups is 1. The second-order valence-electron chi connectivity index (χ2n) is 5.16. The predicted molar refractivity (Wildman–Crippen MR) is 80.6 cm³/mol. The second kappa shape index (κ2) is 7.22. The smallest absolute Gasteiger partial charge is 0.246 e. The first kappa shape index (κ1) is 15.5. The van der Waals surface area contributed by atoms with Crippen molar-refractivity contribution in [3.05, 3.63) is 35.7 Å². The number of piperidine rings is 1. The monoisotopic (exact) mass is 292 g/mol. The molecular formula is C16H21FN2O2. The molecule has 1 aromatic carbocycles. The SMILES string of the molecule is COc1ccc(C=CC(=O)N(C)C2CCNCC2)cc1F. The molecule has 1 aliphatic heterocycles. The van der Waals surface area contributed by atoms with E-state index in [-0.39, 0.29) is 17.7 Å². The molecule has 1 amide bonds. The highest BCUT2D eigenvalue weighted by Gasteiger charge is 2.20. The van der Waals surface area contributed by atoms with Gasteiger partial charge in [0.15, 0.2) is 11.6 Å². The molecule has 0 bridgehead atoms. The Kier molecular flexibility index (Phi) is 5.33. The quantitative estimate of drug-likeness (QED) is 0.864. The summed E-state index contributed by atoms with van der Waals surface area (Å²) in [5, 5.41) is 3.27. The molecule has 0 aromatic heterocycles. The molecule has 1 aromatic rings. The van der Waals surface area contributed by atoms with E-state index in [0.29, 0.717) is 5.56 Å². The first-order chi connectivity index (χ1) is 10.1. The Labute approximate surface area is 124 Å². The van der Waals surface area contributed by atoms with Gasteiger partial charge in [-0.2, -0.15) is 0 Å². The van der Waals surface area contributed by atoms with Crippen LogP contribution in [0.5, 0.6) is 5.75 Å². The molecule has 5 heteroatoms. The number of hydrogen-bond acceptors (Lipinski definition) is 3. The number of methoxy groups -OCH3 is 1. The van der Waals surface area contributed by atoms with Crippen molar-refractivity contribution >= 4 is 12.0 Å². The maximum Gasteiger partial charge on any atom is 0.246 e. The van der Waals surface area contributed by atoms with E-state index in [9.17, 15) is 9.18 Å². The van der Waals surface area contributed by atoms with Crippen LogP contribution in [-0.4, -0.2) is 44.1 Å². The van der Waals surface area contributed by atoms with E-state index in [1.54, 1.807) is 23.1 Å². The summed E-state index contributed by atoms with van der Waals surface area (Å²) in [6.07, 6.45) is 5.05. The van der Waals surface area contributed by atoms with Gasteiger partial charge in [0.05, 0.1) is 7.11 Å². The van der Waals surface area contributed by atoms with Crippen molar-refractivity contribution in [1.29, 1.82) is 0 Å². The summed E-state index contributed by atoms with van der Waals surface area (Å²) in [4.78, 5) is 13.9. The van der Waals surface area contributed by atoms with Gasteiger partial charge in [0.25, 0.3) is 0 Å². The summed E-state index contributed by atoms with van der Waals surface area (Å²) in [6, 6.07) is 4.90. The number of likely N-dealkylation sites (N-methyl/N-ethyl adjacent to an activating group) is 1. The number of benzene rings is 1. The molecule has 0 saturated carbocycles. The summed E-state index contributed by atoms with van der Waals surface area (Å²) in [7, 11) is 3.24. The highest BCUT2D eigenvalue weighted by atomic mass is 19.1. The molecular weight excluding hydrogens is 271 g/mol. The van der Waals surface area contributed by atoms with Gasteiger partial charge in [-0.3, -0.25) is 4.79 Å². The Balaban J connectivity index is 1.99. The third-order valence-electron chi connectivity index (χ3n) is 3.80. The molecule has 0 aliphatic carbocycles. The number of hydrogen-bond donors (Lipinski definition) is 1. The van der Waals surface area contributed by atoms with Gasteiger partial charge >= 0.3 is 0 Å². The lowest BCUT2D eigenvalue weighted by molar-refractivity contribution is -0.127. The Morgan fingerprint density at radius 2 is 2.14 bits per heavy atom. The summed E-state index contributed by atoms with van der Waals surface area (Å²) < 4.78 is 18.4. The fourth-order valence-electron chi connectivity index (χ4n) is 2.45.